The molecular weight excluding hydrogens is 1080 g/mol. The zero-order valence-electron chi connectivity index (χ0n) is 46.2. The second-order valence-corrected chi connectivity index (χ2v) is 20.7. The third-order valence-corrected chi connectivity index (χ3v) is 15.0. The smallest absolute Gasteiger partial charge is 0.382 e. The average molecular weight is 1150 g/mol. The first-order valence-electron chi connectivity index (χ1n) is 27.5. The number of hydrogen-bond donors (Lipinski definition) is 5. The molecule has 8 rings (SSSR count). The van der Waals surface area contributed by atoms with Crippen LogP contribution in [0.5, 0.6) is 0 Å². The number of alkyl halides is 3. The van der Waals surface area contributed by atoms with E-state index in [4.69, 9.17) is 18.9 Å². The molecule has 3 atom stereocenters. The molecule has 0 radical (unpaired) electrons. The van der Waals surface area contributed by atoms with E-state index in [-0.39, 0.29) is 66.2 Å². The lowest BCUT2D eigenvalue weighted by molar-refractivity contribution is -0.138. The summed E-state index contributed by atoms with van der Waals surface area (Å²) in [4.78, 5) is 100. The van der Waals surface area contributed by atoms with Crippen molar-refractivity contribution in [2.45, 2.75) is 64.0 Å². The van der Waals surface area contributed by atoms with Crippen LogP contribution in [0.25, 0.3) is 11.1 Å². The SMILES string of the molecule is C[C@@H]1CN(c2ccc(-c3cc(CN4CCN(CCNC(=O)CCOCCOCCOCCOCCNc5cccc6c5C(=O)N(C5CCC(=O)NC5=O)C6=O)CC4)ccc3F)cc2NC(=O)c2c[nH]c(=O)cc2C(F)(F)F)C[C@H](C)N1C. The largest absolute Gasteiger partial charge is 0.417 e. The Hall–Kier alpha value is -7.13. The molecule has 4 aliphatic rings. The number of amides is 6. The number of rotatable bonds is 26. The van der Waals surface area contributed by atoms with Crippen LogP contribution >= 0.6 is 0 Å². The molecular formula is C57H70F4N10O11. The summed E-state index contributed by atoms with van der Waals surface area (Å²) in [6.45, 7) is 12.8. The van der Waals surface area contributed by atoms with Gasteiger partial charge in [0.15, 0.2) is 0 Å². The standard InChI is InChI=1S/C57H70F4N10O11/c1-36-33-70(34-37(2)67(36)3)47-10-8-39(30-46(47)65-53(75)42-32-64-51(74)31-43(42)57(59,60)61)41-29-38(7-9-44(41)58)35-69-19-17-68(18-20-69)16-14-63-49(72)13-21-79-23-25-81-27-28-82-26-24-80-22-15-62-45-6-4-5-40-52(45)56(78)71(55(40)77)48-11-12-50(73)66-54(48)76/h4-10,29-32,36-37,48,62H,11-28,33-35H2,1-3H3,(H,63,72)(H,64,74)(H,65,75)(H,66,73,76)/t36-,37+,48?. The van der Waals surface area contributed by atoms with E-state index in [0.29, 0.717) is 109 Å². The van der Waals surface area contributed by atoms with Crippen molar-refractivity contribution < 1.29 is 65.3 Å². The summed E-state index contributed by atoms with van der Waals surface area (Å²) in [6.07, 6.45) is -3.90. The second-order valence-electron chi connectivity index (χ2n) is 20.7. The molecule has 3 fully saturated rings. The van der Waals surface area contributed by atoms with Gasteiger partial charge in [0.1, 0.15) is 11.9 Å². The highest BCUT2D eigenvalue weighted by atomic mass is 19.4. The molecule has 4 aliphatic heterocycles. The van der Waals surface area contributed by atoms with Gasteiger partial charge in [-0.1, -0.05) is 18.2 Å². The molecule has 442 valence electrons. The first-order valence-corrected chi connectivity index (χ1v) is 27.5. The monoisotopic (exact) mass is 1150 g/mol. The Bertz CT molecular complexity index is 3000. The summed E-state index contributed by atoms with van der Waals surface area (Å²) >= 11 is 0. The number of likely N-dealkylation sites (N-methyl/N-ethyl adjacent to an activating group) is 1. The Morgan fingerprint density at radius 1 is 0.744 bits per heavy atom. The van der Waals surface area contributed by atoms with Gasteiger partial charge in [0.05, 0.1) is 86.5 Å². The summed E-state index contributed by atoms with van der Waals surface area (Å²) in [5.41, 5.74) is -0.0120. The van der Waals surface area contributed by atoms with Gasteiger partial charge < -0.3 is 44.8 Å². The lowest BCUT2D eigenvalue weighted by Gasteiger charge is -2.44. The van der Waals surface area contributed by atoms with Gasteiger partial charge in [0.2, 0.25) is 23.3 Å². The Labute approximate surface area is 471 Å². The highest BCUT2D eigenvalue weighted by Gasteiger charge is 2.46. The number of halogens is 4. The number of nitrogens with zero attached hydrogens (tertiary/aromatic N) is 5. The number of H-pyrrole nitrogens is 1. The van der Waals surface area contributed by atoms with Crippen molar-refractivity contribution in [1.82, 2.24) is 35.2 Å². The summed E-state index contributed by atoms with van der Waals surface area (Å²) < 4.78 is 80.0. The quantitative estimate of drug-likeness (QED) is 0.0337. The van der Waals surface area contributed by atoms with E-state index in [1.165, 1.54) is 12.1 Å². The van der Waals surface area contributed by atoms with Crippen LogP contribution in [0.3, 0.4) is 0 Å². The van der Waals surface area contributed by atoms with Crippen LogP contribution in [-0.2, 0) is 46.1 Å². The highest BCUT2D eigenvalue weighted by molar-refractivity contribution is 6.25. The number of ether oxygens (including phenoxy) is 4. The van der Waals surface area contributed by atoms with E-state index in [1.807, 2.05) is 7.05 Å². The first-order chi connectivity index (χ1) is 39.4. The Kier molecular flexibility index (Phi) is 21.0. The predicted molar refractivity (Wildman–Crippen MR) is 295 cm³/mol. The molecule has 0 spiro atoms. The average Bonchev–Trinajstić information content (AvgIpc) is 3.78. The molecule has 5 N–H and O–H groups in total. The van der Waals surface area contributed by atoms with Crippen molar-refractivity contribution in [3.8, 4) is 11.1 Å². The normalized spacial score (nSPS) is 19.1. The molecule has 6 amide bonds. The second kappa shape index (κ2) is 28.2. The number of fused-ring (bicyclic) bond motifs is 1. The van der Waals surface area contributed by atoms with Gasteiger partial charge in [-0.2, -0.15) is 13.2 Å². The van der Waals surface area contributed by atoms with Crippen LogP contribution in [0, 0.1) is 5.82 Å². The summed E-state index contributed by atoms with van der Waals surface area (Å²) in [6, 6.07) is 14.3. The van der Waals surface area contributed by atoms with Gasteiger partial charge >= 0.3 is 6.18 Å². The minimum Gasteiger partial charge on any atom is -0.382 e. The van der Waals surface area contributed by atoms with Gasteiger partial charge in [-0.15, -0.1) is 0 Å². The van der Waals surface area contributed by atoms with E-state index in [9.17, 15) is 46.7 Å². The van der Waals surface area contributed by atoms with Crippen LogP contribution in [0.2, 0.25) is 0 Å². The fraction of sp³-hybridized carbons (Fsp3) is 0.491. The topological polar surface area (TPSA) is 237 Å². The lowest BCUT2D eigenvalue weighted by atomic mass is 9.99. The highest BCUT2D eigenvalue weighted by Crippen LogP contribution is 2.37. The van der Waals surface area contributed by atoms with Crippen LogP contribution in [0.15, 0.2) is 71.7 Å². The zero-order chi connectivity index (χ0) is 58.5. The summed E-state index contributed by atoms with van der Waals surface area (Å²) in [7, 11) is 2.01. The fourth-order valence-corrected chi connectivity index (χ4v) is 10.4. The van der Waals surface area contributed by atoms with E-state index >= 15 is 4.39 Å². The van der Waals surface area contributed by atoms with Crippen molar-refractivity contribution in [3.05, 3.63) is 111 Å². The van der Waals surface area contributed by atoms with E-state index in [1.54, 1.807) is 42.5 Å². The minimum absolute atomic E-state index is 0.0400. The number of pyridine rings is 1. The number of carbonyl (C=O) groups is 6. The molecule has 21 nitrogen and oxygen atoms in total. The van der Waals surface area contributed by atoms with Gasteiger partial charge in [0, 0.05) is 114 Å². The number of benzene rings is 3. The van der Waals surface area contributed by atoms with Crippen molar-refractivity contribution in [2.24, 2.45) is 0 Å². The molecule has 3 aromatic carbocycles. The molecule has 0 aliphatic carbocycles. The summed E-state index contributed by atoms with van der Waals surface area (Å²) in [5.74, 6) is -3.98. The Morgan fingerprint density at radius 2 is 1.41 bits per heavy atom. The summed E-state index contributed by atoms with van der Waals surface area (Å²) in [5, 5.41) is 10.9. The van der Waals surface area contributed by atoms with Crippen LogP contribution in [0.1, 0.15) is 75.3 Å². The molecule has 1 unspecified atom stereocenters. The molecule has 0 bridgehead atoms. The molecule has 0 saturated carbocycles. The number of imide groups is 2. The van der Waals surface area contributed by atoms with Crippen molar-refractivity contribution in [3.63, 3.8) is 0 Å². The number of aromatic amines is 1. The predicted octanol–water partition coefficient (Wildman–Crippen LogP) is 4.18. The minimum atomic E-state index is -4.97. The maximum atomic E-state index is 15.7. The van der Waals surface area contributed by atoms with E-state index in [0.717, 1.165) is 42.8 Å². The Morgan fingerprint density at radius 3 is 2.10 bits per heavy atom. The van der Waals surface area contributed by atoms with E-state index < -0.39 is 64.3 Å². The van der Waals surface area contributed by atoms with Crippen LogP contribution in [0.4, 0.5) is 34.6 Å². The third kappa shape index (κ3) is 15.7. The van der Waals surface area contributed by atoms with Gasteiger partial charge in [-0.25, -0.2) is 4.39 Å². The maximum absolute atomic E-state index is 15.7. The molecule has 4 aromatic rings. The molecule has 5 heterocycles. The number of piperidine rings is 1. The third-order valence-electron chi connectivity index (χ3n) is 15.0. The number of carbonyl (C=O) groups excluding carboxylic acids is 6. The van der Waals surface area contributed by atoms with Gasteiger partial charge in [-0.05, 0) is 74.8 Å². The van der Waals surface area contributed by atoms with Crippen molar-refractivity contribution >= 4 is 52.5 Å². The first kappa shape index (κ1) is 61.0. The Balaban J connectivity index is 0.679. The molecule has 82 heavy (non-hydrogen) atoms. The molecule has 25 heteroatoms. The van der Waals surface area contributed by atoms with E-state index in [2.05, 4.69) is 59.7 Å². The molecule has 1 aromatic heterocycles. The molecule has 3 saturated heterocycles. The number of hydrogen-bond acceptors (Lipinski definition) is 16. The number of aromatic nitrogens is 1. The lowest BCUT2D eigenvalue weighted by Crippen LogP contribution is -2.55. The van der Waals surface area contributed by atoms with Crippen molar-refractivity contribution in [1.29, 1.82) is 0 Å². The zero-order valence-corrected chi connectivity index (χ0v) is 46.2. The number of piperazine rings is 2. The fourth-order valence-electron chi connectivity index (χ4n) is 10.4. The number of anilines is 3. The van der Waals surface area contributed by atoms with Crippen LogP contribution < -0.4 is 31.7 Å². The maximum Gasteiger partial charge on any atom is 0.417 e. The van der Waals surface area contributed by atoms with Crippen LogP contribution in [-0.4, -0.2) is 197 Å². The van der Waals surface area contributed by atoms with Crippen molar-refractivity contribution in [2.75, 3.05) is 134 Å². The van der Waals surface area contributed by atoms with Gasteiger partial charge in [0.25, 0.3) is 17.7 Å². The van der Waals surface area contributed by atoms with Gasteiger partial charge in [-0.3, -0.25) is 58.5 Å². The number of nitrogens with one attached hydrogen (secondary N) is 5.